The molecule has 2 aliphatic heterocycles. The summed E-state index contributed by atoms with van der Waals surface area (Å²) in [7, 11) is 0. The summed E-state index contributed by atoms with van der Waals surface area (Å²) in [5.41, 5.74) is 1.16. The normalized spacial score (nSPS) is 19.1. The molecule has 0 spiro atoms. The predicted octanol–water partition coefficient (Wildman–Crippen LogP) is 4.48. The third-order valence-corrected chi connectivity index (χ3v) is 6.43. The molecule has 30 heavy (non-hydrogen) atoms. The van der Waals surface area contributed by atoms with E-state index in [-0.39, 0.29) is 17.7 Å². The Balaban J connectivity index is 1.37. The fraction of sp³-hybridized carbons (Fsp3) is 0.409. The largest absolute Gasteiger partial charge is 0.357 e. The van der Waals surface area contributed by atoms with Crippen molar-refractivity contribution in [3.8, 4) is 0 Å². The van der Waals surface area contributed by atoms with Gasteiger partial charge in [-0.05, 0) is 56.0 Å². The van der Waals surface area contributed by atoms with Crippen LogP contribution in [0, 0.1) is 5.92 Å². The van der Waals surface area contributed by atoms with Crippen molar-refractivity contribution >= 4 is 46.5 Å². The van der Waals surface area contributed by atoms with E-state index in [2.05, 4.69) is 15.2 Å². The van der Waals surface area contributed by atoms with Crippen LogP contribution in [0.25, 0.3) is 0 Å². The van der Waals surface area contributed by atoms with Gasteiger partial charge in [-0.25, -0.2) is 4.98 Å². The van der Waals surface area contributed by atoms with Crippen LogP contribution in [0.3, 0.4) is 0 Å². The molecule has 0 saturated carbocycles. The molecular weight excluding hydrogens is 423 g/mol. The second kappa shape index (κ2) is 9.23. The van der Waals surface area contributed by atoms with E-state index in [4.69, 9.17) is 23.2 Å². The summed E-state index contributed by atoms with van der Waals surface area (Å²) in [6, 6.07) is 8.68. The Bertz CT molecular complexity index is 929. The molecule has 0 radical (unpaired) electrons. The lowest BCUT2D eigenvalue weighted by Crippen LogP contribution is -2.43. The molecule has 1 atom stereocenters. The molecule has 158 valence electrons. The minimum atomic E-state index is -0.260. The Morgan fingerprint density at radius 1 is 1.00 bits per heavy atom. The number of nitrogens with zero attached hydrogens (tertiary/aromatic N) is 3. The molecule has 0 aliphatic carbocycles. The molecule has 2 saturated heterocycles. The standard InChI is InChI=1S/C22H24Cl2N4O2/c23-18-7-5-15(12-19(18)24)22(30)28-11-3-4-16(14-28)21(29)26-17-6-8-20(25-13-17)27-9-1-2-10-27/h5-8,12-13,16H,1-4,9-11,14H2,(H,26,29)/t16-/m0/s1. The van der Waals surface area contributed by atoms with Crippen LogP contribution in [-0.2, 0) is 4.79 Å². The molecule has 0 bridgehead atoms. The number of benzene rings is 1. The van der Waals surface area contributed by atoms with Gasteiger partial charge in [-0.15, -0.1) is 0 Å². The van der Waals surface area contributed by atoms with E-state index >= 15 is 0 Å². The van der Waals surface area contributed by atoms with Gasteiger partial charge in [0.1, 0.15) is 5.82 Å². The maximum Gasteiger partial charge on any atom is 0.253 e. The van der Waals surface area contributed by atoms with Crippen molar-refractivity contribution in [2.75, 3.05) is 36.4 Å². The first kappa shape index (κ1) is 20.9. The van der Waals surface area contributed by atoms with Crippen molar-refractivity contribution < 1.29 is 9.59 Å². The van der Waals surface area contributed by atoms with E-state index in [9.17, 15) is 9.59 Å². The summed E-state index contributed by atoms with van der Waals surface area (Å²) in [4.78, 5) is 34.1. The molecule has 1 aromatic carbocycles. The van der Waals surface area contributed by atoms with Gasteiger partial charge < -0.3 is 15.1 Å². The van der Waals surface area contributed by atoms with E-state index in [1.807, 2.05) is 12.1 Å². The third-order valence-electron chi connectivity index (χ3n) is 5.69. The van der Waals surface area contributed by atoms with Crippen LogP contribution in [0.15, 0.2) is 36.5 Å². The number of amides is 2. The zero-order valence-electron chi connectivity index (χ0n) is 16.6. The molecule has 8 heteroatoms. The molecule has 6 nitrogen and oxygen atoms in total. The van der Waals surface area contributed by atoms with Crippen molar-refractivity contribution in [1.29, 1.82) is 0 Å². The number of hydrogen-bond acceptors (Lipinski definition) is 4. The van der Waals surface area contributed by atoms with Crippen molar-refractivity contribution in [1.82, 2.24) is 9.88 Å². The number of anilines is 2. The summed E-state index contributed by atoms with van der Waals surface area (Å²) in [5, 5.41) is 3.71. The van der Waals surface area contributed by atoms with Gasteiger partial charge in [-0.2, -0.15) is 0 Å². The van der Waals surface area contributed by atoms with E-state index in [1.165, 1.54) is 12.8 Å². The number of pyridine rings is 1. The summed E-state index contributed by atoms with van der Waals surface area (Å²) in [6.45, 7) is 3.06. The molecule has 0 unspecified atom stereocenters. The third kappa shape index (κ3) is 4.71. The predicted molar refractivity (Wildman–Crippen MR) is 119 cm³/mol. The summed E-state index contributed by atoms with van der Waals surface area (Å²) in [6.07, 6.45) is 5.61. The van der Waals surface area contributed by atoms with E-state index in [0.717, 1.165) is 31.7 Å². The van der Waals surface area contributed by atoms with Crippen molar-refractivity contribution in [3.05, 3.63) is 52.1 Å². The van der Waals surface area contributed by atoms with Gasteiger partial charge in [0.05, 0.1) is 27.8 Å². The number of halogens is 2. The first-order valence-corrected chi connectivity index (χ1v) is 11.0. The minimum absolute atomic E-state index is 0.0858. The highest BCUT2D eigenvalue weighted by molar-refractivity contribution is 6.42. The Morgan fingerprint density at radius 2 is 1.80 bits per heavy atom. The molecule has 2 aromatic rings. The Kier molecular flexibility index (Phi) is 6.44. The molecule has 2 amide bonds. The van der Waals surface area contributed by atoms with Crippen molar-refractivity contribution in [3.63, 3.8) is 0 Å². The van der Waals surface area contributed by atoms with Gasteiger partial charge in [0.2, 0.25) is 5.91 Å². The van der Waals surface area contributed by atoms with Crippen LogP contribution >= 0.6 is 23.2 Å². The van der Waals surface area contributed by atoms with Crippen LogP contribution in [-0.4, -0.2) is 47.9 Å². The quantitative estimate of drug-likeness (QED) is 0.751. The lowest BCUT2D eigenvalue weighted by Gasteiger charge is -2.32. The first-order valence-electron chi connectivity index (χ1n) is 10.3. The van der Waals surface area contributed by atoms with Crippen LogP contribution in [0.4, 0.5) is 11.5 Å². The number of aromatic nitrogens is 1. The fourth-order valence-electron chi connectivity index (χ4n) is 4.02. The lowest BCUT2D eigenvalue weighted by molar-refractivity contribution is -0.121. The minimum Gasteiger partial charge on any atom is -0.357 e. The number of carbonyl (C=O) groups is 2. The fourth-order valence-corrected chi connectivity index (χ4v) is 4.32. The zero-order valence-corrected chi connectivity index (χ0v) is 18.1. The number of piperidine rings is 1. The number of hydrogen-bond donors (Lipinski definition) is 1. The maximum atomic E-state index is 12.8. The van der Waals surface area contributed by atoms with E-state index < -0.39 is 0 Å². The molecule has 2 aliphatic rings. The average Bonchev–Trinajstić information content (AvgIpc) is 3.31. The number of carbonyl (C=O) groups excluding carboxylic acids is 2. The molecule has 1 aromatic heterocycles. The van der Waals surface area contributed by atoms with Gasteiger partial charge in [-0.3, -0.25) is 9.59 Å². The smallest absolute Gasteiger partial charge is 0.253 e. The van der Waals surface area contributed by atoms with Crippen LogP contribution in [0.5, 0.6) is 0 Å². The van der Waals surface area contributed by atoms with Gasteiger partial charge in [0.15, 0.2) is 0 Å². The Labute approximate surface area is 186 Å². The molecular formula is C22H24Cl2N4O2. The second-order valence-corrected chi connectivity index (χ2v) is 8.62. The highest BCUT2D eigenvalue weighted by Gasteiger charge is 2.29. The Hall–Kier alpha value is -2.31. The van der Waals surface area contributed by atoms with Gasteiger partial charge in [0.25, 0.3) is 5.91 Å². The van der Waals surface area contributed by atoms with Gasteiger partial charge in [-0.1, -0.05) is 23.2 Å². The van der Waals surface area contributed by atoms with Gasteiger partial charge >= 0.3 is 0 Å². The summed E-state index contributed by atoms with van der Waals surface area (Å²) in [5.74, 6) is 0.463. The van der Waals surface area contributed by atoms with Crippen molar-refractivity contribution in [2.45, 2.75) is 25.7 Å². The van der Waals surface area contributed by atoms with Crippen LogP contribution in [0.1, 0.15) is 36.0 Å². The summed E-state index contributed by atoms with van der Waals surface area (Å²) < 4.78 is 0. The average molecular weight is 447 g/mol. The highest BCUT2D eigenvalue weighted by atomic mass is 35.5. The van der Waals surface area contributed by atoms with Crippen molar-refractivity contribution in [2.24, 2.45) is 5.92 Å². The highest BCUT2D eigenvalue weighted by Crippen LogP contribution is 2.26. The van der Waals surface area contributed by atoms with Crippen LogP contribution < -0.4 is 10.2 Å². The molecule has 1 N–H and O–H groups in total. The van der Waals surface area contributed by atoms with Crippen LogP contribution in [0.2, 0.25) is 10.0 Å². The Morgan fingerprint density at radius 3 is 2.50 bits per heavy atom. The topological polar surface area (TPSA) is 65.5 Å². The molecule has 3 heterocycles. The van der Waals surface area contributed by atoms with Gasteiger partial charge in [0, 0.05) is 31.7 Å². The molecule has 2 fully saturated rings. The van der Waals surface area contributed by atoms with E-state index in [0.29, 0.717) is 34.4 Å². The first-order chi connectivity index (χ1) is 14.5. The second-order valence-electron chi connectivity index (χ2n) is 7.81. The van der Waals surface area contributed by atoms with E-state index in [1.54, 1.807) is 29.3 Å². The SMILES string of the molecule is O=C(Nc1ccc(N2CCCC2)nc1)[C@H]1CCCN(C(=O)c2ccc(Cl)c(Cl)c2)C1. The molecule has 4 rings (SSSR count). The lowest BCUT2D eigenvalue weighted by atomic mass is 9.96. The number of rotatable bonds is 4. The number of likely N-dealkylation sites (tertiary alicyclic amines) is 1. The zero-order chi connectivity index (χ0) is 21.1. The monoisotopic (exact) mass is 446 g/mol. The maximum absolute atomic E-state index is 12.8. The number of nitrogens with one attached hydrogen (secondary N) is 1. The summed E-state index contributed by atoms with van der Waals surface area (Å²) >= 11 is 12.0.